The Morgan fingerprint density at radius 2 is 2.30 bits per heavy atom. The molecule has 1 radical (unpaired) electrons. The number of Topliss-reactive ketones (excluding diaryl/α,β-unsaturated/α-hetero) is 1. The van der Waals surface area contributed by atoms with E-state index in [0.29, 0.717) is 4.31 Å². The Bertz CT molecular complexity index is 883. The van der Waals surface area contributed by atoms with Crippen molar-refractivity contribution in [2.75, 3.05) is 13.1 Å². The summed E-state index contributed by atoms with van der Waals surface area (Å²) in [4.78, 5) is 39.7. The van der Waals surface area contributed by atoms with E-state index in [1.165, 1.54) is 31.3 Å². The van der Waals surface area contributed by atoms with Crippen molar-refractivity contribution in [1.29, 1.82) is 0 Å². The highest BCUT2D eigenvalue weighted by atomic mass is 32.2. The van der Waals surface area contributed by atoms with E-state index in [2.05, 4.69) is 10.3 Å². The molecule has 27 heavy (non-hydrogen) atoms. The molecule has 2 unspecified atom stereocenters. The molecule has 9 nitrogen and oxygen atoms in total. The predicted octanol–water partition coefficient (Wildman–Crippen LogP) is -0.364. The van der Waals surface area contributed by atoms with Gasteiger partial charge in [0, 0.05) is 18.7 Å². The topological polar surface area (TPSA) is 140 Å². The van der Waals surface area contributed by atoms with E-state index in [-0.39, 0.29) is 30.8 Å². The summed E-state index contributed by atoms with van der Waals surface area (Å²) in [5, 5.41) is 1.93. The molecule has 0 aromatic carbocycles. The number of sulfonamides is 1. The number of carbonyl (C=O) groups is 3. The Kier molecular flexibility index (Phi) is 6.05. The fourth-order valence-corrected chi connectivity index (χ4v) is 3.63. The average Bonchev–Trinajstić information content (AvgIpc) is 2.78. The summed E-state index contributed by atoms with van der Waals surface area (Å²) < 4.78 is 42.7. The Morgan fingerprint density at radius 3 is 2.93 bits per heavy atom. The average molecular weight is 397 g/mol. The summed E-state index contributed by atoms with van der Waals surface area (Å²) >= 11 is 0. The summed E-state index contributed by atoms with van der Waals surface area (Å²) in [7, 11) is -4.22. The molecule has 1 fully saturated rings. The van der Waals surface area contributed by atoms with Gasteiger partial charge in [-0.1, -0.05) is 13.0 Å². The Hall–Kier alpha value is -2.33. The molecule has 3 atom stereocenters. The highest BCUT2D eigenvalue weighted by molar-refractivity contribution is 7.89. The smallest absolute Gasteiger partial charge is 0.260 e. The maximum absolute atomic E-state index is 12.8. The maximum atomic E-state index is 12.8. The normalized spacial score (nSPS) is 26.4. The first-order valence-corrected chi connectivity index (χ1v) is 9.77. The van der Waals surface area contributed by atoms with Gasteiger partial charge in [-0.2, -0.15) is 4.31 Å². The third-order valence-corrected chi connectivity index (χ3v) is 5.67. The van der Waals surface area contributed by atoms with Gasteiger partial charge in [0.1, 0.15) is 0 Å². The Balaban J connectivity index is 2.15. The van der Waals surface area contributed by atoms with Crippen molar-refractivity contribution in [3.05, 3.63) is 30.8 Å². The van der Waals surface area contributed by atoms with Gasteiger partial charge in [0.15, 0.2) is 10.8 Å². The van der Waals surface area contributed by atoms with Crippen LogP contribution < -0.4 is 11.1 Å². The van der Waals surface area contributed by atoms with E-state index < -0.39 is 46.1 Å². The lowest BCUT2D eigenvalue weighted by molar-refractivity contribution is -0.126. The van der Waals surface area contributed by atoms with Gasteiger partial charge in [-0.3, -0.25) is 14.4 Å². The standard InChI is InChI=1S/C17H23N4O5S/c1-12(17(18)24)7-8-15(23)20-13-5-4-10-21(11-14(13)22)27(25,26)16-6-2-3-9-19-16/h2-3,6,8-9,12-13H,4-5,7,10-11H2,1H3,(H2,18,24)(H,20,23)/t12?,13-/m0/s1/i11D,13D/t11?,12?,13-. The molecule has 1 saturated heterocycles. The van der Waals surface area contributed by atoms with E-state index in [1.54, 1.807) is 0 Å². The molecule has 0 spiro atoms. The van der Waals surface area contributed by atoms with Gasteiger partial charge in [-0.05, 0) is 31.4 Å². The molecule has 2 heterocycles. The van der Waals surface area contributed by atoms with E-state index in [1.807, 2.05) is 0 Å². The molecule has 1 aliphatic rings. The second kappa shape index (κ2) is 9.05. The van der Waals surface area contributed by atoms with Crippen LogP contribution in [0.1, 0.15) is 28.9 Å². The van der Waals surface area contributed by atoms with Crippen LogP contribution in [0.2, 0.25) is 0 Å². The van der Waals surface area contributed by atoms with Crippen LogP contribution in [0.3, 0.4) is 0 Å². The van der Waals surface area contributed by atoms with Crippen LogP contribution in [-0.2, 0) is 24.4 Å². The van der Waals surface area contributed by atoms with Crippen LogP contribution in [0.4, 0.5) is 0 Å². The molecule has 2 rings (SSSR count). The lowest BCUT2D eigenvalue weighted by atomic mass is 10.0. The summed E-state index contributed by atoms with van der Waals surface area (Å²) in [6, 6.07) is 2.09. The van der Waals surface area contributed by atoms with Crippen LogP contribution in [-0.4, -0.2) is 54.4 Å². The van der Waals surface area contributed by atoms with Crippen molar-refractivity contribution in [2.45, 2.75) is 37.2 Å². The first kappa shape index (κ1) is 18.1. The van der Waals surface area contributed by atoms with Gasteiger partial charge >= 0.3 is 0 Å². The number of carbonyl (C=O) groups excluding carboxylic acids is 3. The van der Waals surface area contributed by atoms with Crippen LogP contribution >= 0.6 is 0 Å². The number of ketones is 1. The van der Waals surface area contributed by atoms with Gasteiger partial charge in [0.25, 0.3) is 10.0 Å². The molecule has 2 amide bonds. The molecule has 1 aromatic heterocycles. The zero-order valence-corrected chi connectivity index (χ0v) is 15.6. The molecule has 0 saturated carbocycles. The summed E-state index contributed by atoms with van der Waals surface area (Å²) in [5.41, 5.74) is 5.12. The number of primary amides is 1. The maximum Gasteiger partial charge on any atom is 0.260 e. The van der Waals surface area contributed by atoms with Crippen molar-refractivity contribution >= 4 is 27.6 Å². The minimum absolute atomic E-state index is 0.0237. The lowest BCUT2D eigenvalue weighted by Crippen LogP contribution is -2.44. The second-order valence-electron chi connectivity index (χ2n) is 6.09. The number of hydrogen-bond donors (Lipinski definition) is 2. The Labute approximate surface area is 161 Å². The highest BCUT2D eigenvalue weighted by Crippen LogP contribution is 2.18. The molecular formula is C17H23N4O5S. The third-order valence-electron chi connectivity index (χ3n) is 3.99. The van der Waals surface area contributed by atoms with Crippen molar-refractivity contribution in [3.63, 3.8) is 0 Å². The number of nitrogens with one attached hydrogen (secondary N) is 1. The molecule has 1 aliphatic heterocycles. The zero-order valence-electron chi connectivity index (χ0n) is 16.8. The fraction of sp³-hybridized carbons (Fsp3) is 0.471. The quantitative estimate of drug-likeness (QED) is 0.644. The first-order chi connectivity index (χ1) is 13.5. The Morgan fingerprint density at radius 1 is 1.56 bits per heavy atom. The molecule has 10 heteroatoms. The van der Waals surface area contributed by atoms with Crippen molar-refractivity contribution in [1.82, 2.24) is 14.6 Å². The predicted molar refractivity (Wildman–Crippen MR) is 96.4 cm³/mol. The van der Waals surface area contributed by atoms with Crippen molar-refractivity contribution in [3.8, 4) is 0 Å². The van der Waals surface area contributed by atoms with Crippen LogP contribution in [0.15, 0.2) is 29.4 Å². The highest BCUT2D eigenvalue weighted by Gasteiger charge is 2.33. The number of pyridine rings is 1. The van der Waals surface area contributed by atoms with Gasteiger partial charge < -0.3 is 11.1 Å². The SMILES string of the molecule is [2H]C1C(=O)[C@@]([2H])(NC(=O)[CH]CC(C)C(N)=O)CCCN1S(=O)(=O)c1ccccn1. The molecule has 3 N–H and O–H groups in total. The minimum Gasteiger partial charge on any atom is -0.369 e. The van der Waals surface area contributed by atoms with Gasteiger partial charge in [0.2, 0.25) is 11.8 Å². The fourth-order valence-electron chi connectivity index (χ4n) is 2.34. The third kappa shape index (κ3) is 5.57. The van der Waals surface area contributed by atoms with E-state index in [4.69, 9.17) is 8.48 Å². The summed E-state index contributed by atoms with van der Waals surface area (Å²) in [6.45, 7) is -0.552. The van der Waals surface area contributed by atoms with Gasteiger partial charge in [-0.15, -0.1) is 0 Å². The zero-order chi connectivity index (χ0) is 21.8. The lowest BCUT2D eigenvalue weighted by Gasteiger charge is -2.19. The molecule has 1 aromatic rings. The largest absolute Gasteiger partial charge is 0.369 e. The van der Waals surface area contributed by atoms with Crippen molar-refractivity contribution in [2.24, 2.45) is 11.7 Å². The monoisotopic (exact) mass is 397 g/mol. The number of hydrogen-bond acceptors (Lipinski definition) is 6. The summed E-state index contributed by atoms with van der Waals surface area (Å²) in [5.74, 6) is -3.04. The molecular weight excluding hydrogens is 372 g/mol. The summed E-state index contributed by atoms with van der Waals surface area (Å²) in [6.07, 6.45) is 2.32. The van der Waals surface area contributed by atoms with Crippen molar-refractivity contribution < 1.29 is 25.5 Å². The van der Waals surface area contributed by atoms with Gasteiger partial charge in [0.05, 0.1) is 21.7 Å². The first-order valence-electron chi connectivity index (χ1n) is 9.41. The number of amides is 2. The van der Waals surface area contributed by atoms with Gasteiger partial charge in [-0.25, -0.2) is 13.4 Å². The second-order valence-corrected chi connectivity index (χ2v) is 7.93. The molecule has 147 valence electrons. The van der Waals surface area contributed by atoms with E-state index in [9.17, 15) is 22.8 Å². The molecule has 0 aliphatic carbocycles. The van der Waals surface area contributed by atoms with Crippen LogP contribution in [0.5, 0.6) is 0 Å². The van der Waals surface area contributed by atoms with E-state index >= 15 is 0 Å². The number of nitrogens with zero attached hydrogens (tertiary/aromatic N) is 2. The molecule has 0 bridgehead atoms. The number of nitrogens with two attached hydrogens (primary N) is 1. The van der Waals surface area contributed by atoms with Crippen LogP contribution in [0.25, 0.3) is 0 Å². The number of aromatic nitrogens is 1. The van der Waals surface area contributed by atoms with Crippen LogP contribution in [0, 0.1) is 12.3 Å². The number of rotatable bonds is 7. The minimum atomic E-state index is -4.22. The van der Waals surface area contributed by atoms with E-state index in [0.717, 1.165) is 6.42 Å².